The number of nitrogens with zero attached hydrogens (tertiary/aromatic N) is 5. The van der Waals surface area contributed by atoms with E-state index in [9.17, 15) is 16.8 Å². The number of aryl methyl sites for hydroxylation is 1. The van der Waals surface area contributed by atoms with E-state index in [0.29, 0.717) is 35.9 Å². The van der Waals surface area contributed by atoms with Crippen molar-refractivity contribution in [1.29, 1.82) is 0 Å². The zero-order valence-electron chi connectivity index (χ0n) is 21.4. The SMILES string of the molecule is COc1cccc(OC)c1-n1c(CS(=O)(=O)[C@@H](C)[C@H](C)c2ncc(C)cn2)nnc1C1CCCS1(=O)=O. The van der Waals surface area contributed by atoms with Gasteiger partial charge in [0, 0.05) is 18.3 Å². The van der Waals surface area contributed by atoms with Crippen molar-refractivity contribution >= 4 is 19.7 Å². The first-order chi connectivity index (χ1) is 17.5. The first kappa shape index (κ1) is 27.0. The maximum atomic E-state index is 13.6. The Morgan fingerprint density at radius 1 is 1.08 bits per heavy atom. The summed E-state index contributed by atoms with van der Waals surface area (Å²) in [4.78, 5) is 8.59. The molecule has 1 unspecified atom stereocenters. The number of benzene rings is 1. The summed E-state index contributed by atoms with van der Waals surface area (Å²) < 4.78 is 65.5. The maximum absolute atomic E-state index is 13.6. The van der Waals surface area contributed by atoms with Crippen LogP contribution in [0.1, 0.15) is 60.9 Å². The number of sulfone groups is 2. The van der Waals surface area contributed by atoms with Crippen LogP contribution < -0.4 is 9.47 Å². The molecule has 0 saturated carbocycles. The summed E-state index contributed by atoms with van der Waals surface area (Å²) in [6.45, 7) is 5.23. The molecule has 1 aliphatic heterocycles. The third kappa shape index (κ3) is 5.19. The first-order valence-electron chi connectivity index (χ1n) is 11.9. The fraction of sp³-hybridized carbons (Fsp3) is 0.500. The van der Waals surface area contributed by atoms with Gasteiger partial charge in [0.15, 0.2) is 31.3 Å². The lowest BCUT2D eigenvalue weighted by molar-refractivity contribution is 0.390. The number of aromatic nitrogens is 5. The van der Waals surface area contributed by atoms with Crippen molar-refractivity contribution in [3.8, 4) is 17.2 Å². The van der Waals surface area contributed by atoms with E-state index in [0.717, 1.165) is 5.56 Å². The fourth-order valence-corrected chi connectivity index (χ4v) is 7.89. The van der Waals surface area contributed by atoms with Crippen molar-refractivity contribution in [3.05, 3.63) is 53.6 Å². The molecule has 1 aliphatic rings. The number of para-hydroxylation sites is 1. The summed E-state index contributed by atoms with van der Waals surface area (Å²) in [5, 5.41) is 6.64. The van der Waals surface area contributed by atoms with Gasteiger partial charge >= 0.3 is 0 Å². The highest BCUT2D eigenvalue weighted by Gasteiger charge is 2.39. The topological polar surface area (TPSA) is 143 Å². The minimum Gasteiger partial charge on any atom is -0.494 e. The third-order valence-electron chi connectivity index (χ3n) is 6.81. The molecule has 37 heavy (non-hydrogen) atoms. The van der Waals surface area contributed by atoms with E-state index in [2.05, 4.69) is 20.2 Å². The molecule has 0 aliphatic carbocycles. The Kier molecular flexibility index (Phi) is 7.56. The van der Waals surface area contributed by atoms with Crippen LogP contribution in [0.2, 0.25) is 0 Å². The molecule has 0 radical (unpaired) electrons. The van der Waals surface area contributed by atoms with Crippen LogP contribution in [0.25, 0.3) is 5.69 Å². The second-order valence-corrected chi connectivity index (χ2v) is 13.9. The Labute approximate surface area is 217 Å². The van der Waals surface area contributed by atoms with Gasteiger partial charge in [-0.25, -0.2) is 26.8 Å². The Morgan fingerprint density at radius 3 is 2.24 bits per heavy atom. The quantitative estimate of drug-likeness (QED) is 0.391. The zero-order valence-corrected chi connectivity index (χ0v) is 23.1. The molecule has 4 rings (SSSR count). The van der Waals surface area contributed by atoms with Gasteiger partial charge in [0.25, 0.3) is 0 Å². The molecule has 0 N–H and O–H groups in total. The average molecular weight is 550 g/mol. The van der Waals surface area contributed by atoms with Crippen LogP contribution in [-0.4, -0.2) is 66.8 Å². The number of hydrogen-bond donors (Lipinski definition) is 0. The van der Waals surface area contributed by atoms with Gasteiger partial charge in [-0.1, -0.05) is 13.0 Å². The lowest BCUT2D eigenvalue weighted by atomic mass is 10.1. The molecule has 2 aromatic heterocycles. The first-order valence-corrected chi connectivity index (χ1v) is 15.3. The van der Waals surface area contributed by atoms with E-state index < -0.39 is 41.8 Å². The molecule has 1 aromatic carbocycles. The summed E-state index contributed by atoms with van der Waals surface area (Å²) >= 11 is 0. The summed E-state index contributed by atoms with van der Waals surface area (Å²) in [6.07, 6.45) is 4.15. The molecule has 0 spiro atoms. The largest absolute Gasteiger partial charge is 0.494 e. The molecule has 3 aromatic rings. The van der Waals surface area contributed by atoms with Crippen molar-refractivity contribution in [2.24, 2.45) is 0 Å². The van der Waals surface area contributed by atoms with Gasteiger partial charge in [-0.2, -0.15) is 0 Å². The second kappa shape index (κ2) is 10.4. The lowest BCUT2D eigenvalue weighted by Crippen LogP contribution is -2.28. The Bertz CT molecular complexity index is 1460. The van der Waals surface area contributed by atoms with Crippen LogP contribution in [-0.2, 0) is 25.4 Å². The molecule has 0 bridgehead atoms. The molecule has 13 heteroatoms. The van der Waals surface area contributed by atoms with Crippen molar-refractivity contribution in [2.75, 3.05) is 20.0 Å². The monoisotopic (exact) mass is 549 g/mol. The number of methoxy groups -OCH3 is 2. The van der Waals surface area contributed by atoms with Crippen molar-refractivity contribution < 1.29 is 26.3 Å². The lowest BCUT2D eigenvalue weighted by Gasteiger charge is -2.21. The highest BCUT2D eigenvalue weighted by atomic mass is 32.2. The third-order valence-corrected chi connectivity index (χ3v) is 11.2. The number of rotatable bonds is 9. The maximum Gasteiger partial charge on any atom is 0.160 e. The van der Waals surface area contributed by atoms with E-state index in [1.165, 1.54) is 18.8 Å². The van der Waals surface area contributed by atoms with Crippen LogP contribution in [0.3, 0.4) is 0 Å². The number of hydrogen-bond acceptors (Lipinski definition) is 10. The summed E-state index contributed by atoms with van der Waals surface area (Å²) in [6, 6.07) is 5.09. The molecule has 3 atom stereocenters. The normalized spacial score (nSPS) is 18.9. The van der Waals surface area contributed by atoms with Crippen LogP contribution in [0.5, 0.6) is 11.5 Å². The van der Waals surface area contributed by atoms with Gasteiger partial charge < -0.3 is 9.47 Å². The summed E-state index contributed by atoms with van der Waals surface area (Å²) in [5.74, 6) is 0.437. The molecule has 3 heterocycles. The highest BCUT2D eigenvalue weighted by molar-refractivity contribution is 7.92. The van der Waals surface area contributed by atoms with Gasteiger partial charge in [-0.05, 0) is 44.4 Å². The molecular weight excluding hydrogens is 518 g/mol. The molecule has 11 nitrogen and oxygen atoms in total. The van der Waals surface area contributed by atoms with E-state index in [1.807, 2.05) is 6.92 Å². The van der Waals surface area contributed by atoms with E-state index in [4.69, 9.17) is 9.47 Å². The molecular formula is C24H31N5O6S2. The van der Waals surface area contributed by atoms with Crippen molar-refractivity contribution in [2.45, 2.75) is 55.8 Å². The highest BCUT2D eigenvalue weighted by Crippen LogP contribution is 2.40. The number of ether oxygens (including phenoxy) is 2. The van der Waals surface area contributed by atoms with Gasteiger partial charge in [-0.15, -0.1) is 10.2 Å². The van der Waals surface area contributed by atoms with E-state index >= 15 is 0 Å². The second-order valence-electron chi connectivity index (χ2n) is 9.24. The van der Waals surface area contributed by atoms with Gasteiger partial charge in [0.05, 0.1) is 25.2 Å². The standard InChI is InChI=1S/C24H31N5O6S2/c1-15-12-25-23(26-13-15)16(2)17(3)37(32,33)14-21-27-28-24(20-10-7-11-36(20,30)31)29(21)22-18(34-4)8-6-9-19(22)35-5/h6,8-9,12-13,16-17,20H,7,10-11,14H2,1-5H3/t16-,17-,20?/m0/s1. The van der Waals surface area contributed by atoms with Gasteiger partial charge in [-0.3, -0.25) is 4.57 Å². The van der Waals surface area contributed by atoms with E-state index in [-0.39, 0.29) is 17.4 Å². The minimum absolute atomic E-state index is 0.0340. The Balaban J connectivity index is 1.82. The van der Waals surface area contributed by atoms with Gasteiger partial charge in [0.1, 0.15) is 34.0 Å². The van der Waals surface area contributed by atoms with Gasteiger partial charge in [0.2, 0.25) is 0 Å². The van der Waals surface area contributed by atoms with Crippen molar-refractivity contribution in [3.63, 3.8) is 0 Å². The van der Waals surface area contributed by atoms with E-state index in [1.54, 1.807) is 44.4 Å². The average Bonchev–Trinajstić information content (AvgIpc) is 3.43. The zero-order chi connectivity index (χ0) is 27.0. The van der Waals surface area contributed by atoms with Crippen LogP contribution in [0, 0.1) is 6.92 Å². The Hall–Kier alpha value is -3.06. The van der Waals surface area contributed by atoms with Crippen LogP contribution in [0.4, 0.5) is 0 Å². The summed E-state index contributed by atoms with van der Waals surface area (Å²) in [5.41, 5.74) is 1.22. The Morgan fingerprint density at radius 2 is 1.70 bits per heavy atom. The molecule has 1 fully saturated rings. The predicted octanol–water partition coefficient (Wildman–Crippen LogP) is 2.74. The van der Waals surface area contributed by atoms with Crippen molar-refractivity contribution in [1.82, 2.24) is 24.7 Å². The minimum atomic E-state index is -3.81. The fourth-order valence-electron chi connectivity index (χ4n) is 4.48. The van der Waals surface area contributed by atoms with Crippen LogP contribution >= 0.6 is 0 Å². The van der Waals surface area contributed by atoms with Crippen LogP contribution in [0.15, 0.2) is 30.6 Å². The molecule has 200 valence electrons. The summed E-state index contributed by atoms with van der Waals surface area (Å²) in [7, 11) is -4.36. The smallest absolute Gasteiger partial charge is 0.160 e. The molecule has 0 amide bonds. The molecule has 1 saturated heterocycles. The predicted molar refractivity (Wildman–Crippen MR) is 137 cm³/mol.